The van der Waals surface area contributed by atoms with E-state index in [9.17, 15) is 0 Å². The van der Waals surface area contributed by atoms with Crippen molar-refractivity contribution in [3.8, 4) is 23.2 Å². The first-order valence-electron chi connectivity index (χ1n) is 13.0. The quantitative estimate of drug-likeness (QED) is 0.175. The lowest BCUT2D eigenvalue weighted by Crippen LogP contribution is -2.16. The Balaban J connectivity index is 1.33. The van der Waals surface area contributed by atoms with Crippen LogP contribution in [0.25, 0.3) is 11.3 Å². The minimum atomic E-state index is -0.259. The Morgan fingerprint density at radius 2 is 1.85 bits per heavy atom. The van der Waals surface area contributed by atoms with Crippen molar-refractivity contribution in [1.29, 1.82) is 0 Å². The summed E-state index contributed by atoms with van der Waals surface area (Å²) in [5, 5.41) is 15.8. The molecular weight excluding hydrogens is 538 g/mol. The number of rotatable bonds is 7. The molecule has 10 nitrogen and oxygen atoms in total. The van der Waals surface area contributed by atoms with Gasteiger partial charge in [-0.25, -0.2) is 19.2 Å². The van der Waals surface area contributed by atoms with Gasteiger partial charge in [-0.2, -0.15) is 5.10 Å². The van der Waals surface area contributed by atoms with Crippen LogP contribution >= 0.6 is 11.3 Å². The number of para-hydroxylation sites is 1. The molecule has 1 aliphatic heterocycles. The average molecular weight is 564 g/mol. The highest BCUT2D eigenvalue weighted by molar-refractivity contribution is 7.12. The van der Waals surface area contributed by atoms with Crippen molar-refractivity contribution in [1.82, 2.24) is 29.4 Å². The van der Waals surface area contributed by atoms with E-state index in [1.165, 1.54) is 0 Å². The van der Waals surface area contributed by atoms with Crippen molar-refractivity contribution in [2.24, 2.45) is 5.16 Å². The number of aromatic nitrogens is 6. The third-order valence-corrected chi connectivity index (χ3v) is 7.97. The number of fused-ring (bicyclic) bond motifs is 4. The van der Waals surface area contributed by atoms with Crippen LogP contribution in [0, 0.1) is 6.92 Å². The van der Waals surface area contributed by atoms with Gasteiger partial charge in [0.05, 0.1) is 46.1 Å². The Labute approximate surface area is 239 Å². The van der Waals surface area contributed by atoms with Crippen LogP contribution in [0.5, 0.6) is 17.5 Å². The number of ether oxygens (including phenoxy) is 2. The summed E-state index contributed by atoms with van der Waals surface area (Å²) in [7, 11) is 1.66. The molecule has 0 radical (unpaired) electrons. The molecule has 2 aromatic carbocycles. The van der Waals surface area contributed by atoms with Gasteiger partial charge < -0.3 is 14.3 Å². The van der Waals surface area contributed by atoms with Crippen LogP contribution in [0.15, 0.2) is 83.6 Å². The van der Waals surface area contributed by atoms with Crippen molar-refractivity contribution in [2.75, 3.05) is 7.11 Å². The molecule has 4 aromatic heterocycles. The molecule has 7 rings (SSSR count). The zero-order valence-corrected chi connectivity index (χ0v) is 23.4. The maximum Gasteiger partial charge on any atom is 0.230 e. The van der Waals surface area contributed by atoms with Gasteiger partial charge in [-0.15, -0.1) is 16.4 Å². The van der Waals surface area contributed by atoms with E-state index in [0.29, 0.717) is 23.2 Å². The molecule has 204 valence electrons. The summed E-state index contributed by atoms with van der Waals surface area (Å²) in [5.74, 6) is 2.08. The normalized spacial score (nSPS) is 14.4. The van der Waals surface area contributed by atoms with Gasteiger partial charge in [-0.3, -0.25) is 0 Å². The van der Waals surface area contributed by atoms with Gasteiger partial charge >= 0.3 is 0 Å². The number of methoxy groups -OCH3 is 1. The highest BCUT2D eigenvalue weighted by atomic mass is 32.1. The monoisotopic (exact) mass is 563 g/mol. The summed E-state index contributed by atoms with van der Waals surface area (Å²) in [4.78, 5) is 16.2. The topological polar surface area (TPSA) is 101 Å². The van der Waals surface area contributed by atoms with E-state index in [4.69, 9.17) is 24.4 Å². The Morgan fingerprint density at radius 1 is 1.02 bits per heavy atom. The zero-order valence-electron chi connectivity index (χ0n) is 22.6. The first-order valence-corrected chi connectivity index (χ1v) is 13.9. The van der Waals surface area contributed by atoms with E-state index in [0.717, 1.165) is 44.4 Å². The van der Waals surface area contributed by atoms with Gasteiger partial charge in [0, 0.05) is 0 Å². The summed E-state index contributed by atoms with van der Waals surface area (Å²) in [6.07, 6.45) is 1.61. The predicted octanol–water partition coefficient (Wildman–Crippen LogP) is 5.92. The third kappa shape index (κ3) is 4.40. The van der Waals surface area contributed by atoms with E-state index in [1.54, 1.807) is 29.3 Å². The molecule has 0 bridgehead atoms. The molecule has 0 unspecified atom stereocenters. The van der Waals surface area contributed by atoms with Crippen molar-refractivity contribution in [3.05, 3.63) is 112 Å². The van der Waals surface area contributed by atoms with Crippen LogP contribution in [0.3, 0.4) is 0 Å². The van der Waals surface area contributed by atoms with E-state index in [-0.39, 0.29) is 12.5 Å². The first kappa shape index (κ1) is 25.0. The first-order chi connectivity index (χ1) is 20.1. The molecule has 0 amide bonds. The molecule has 1 aliphatic rings. The number of hydrogen-bond donors (Lipinski definition) is 0. The molecular formula is C30H25N7O3S. The van der Waals surface area contributed by atoms with Gasteiger partial charge in [0.1, 0.15) is 12.1 Å². The molecule has 11 heteroatoms. The molecule has 0 fully saturated rings. The summed E-state index contributed by atoms with van der Waals surface area (Å²) < 4.78 is 15.4. The van der Waals surface area contributed by atoms with Gasteiger partial charge in [-0.1, -0.05) is 41.6 Å². The minimum Gasteiger partial charge on any atom is -0.497 e. The number of oxime groups is 1. The van der Waals surface area contributed by atoms with Crippen LogP contribution in [-0.4, -0.2) is 42.2 Å². The summed E-state index contributed by atoms with van der Waals surface area (Å²) in [5.41, 5.74) is 5.95. The van der Waals surface area contributed by atoms with Gasteiger partial charge in [0.2, 0.25) is 11.8 Å². The van der Waals surface area contributed by atoms with Gasteiger partial charge in [0.25, 0.3) is 0 Å². The van der Waals surface area contributed by atoms with E-state index in [2.05, 4.69) is 15.2 Å². The van der Waals surface area contributed by atoms with Crippen LogP contribution in [0.1, 0.15) is 45.9 Å². The van der Waals surface area contributed by atoms with E-state index in [1.807, 2.05) is 90.6 Å². The van der Waals surface area contributed by atoms with Gasteiger partial charge in [0.15, 0.2) is 18.1 Å². The standard InChI is InChI=1S/C30H25N7O3S/c1-18(23-10-7-15-41-23)35-39-16-24-32-28-27-26(20-11-13-22(38-3)14-12-20)25-19(2)33-37(21-8-5-4-6-9-21)30(25)40-29(27)31-17-36(28)34-24/h4-15,17,26H,16H2,1-3H3/b35-18-/t26-/m1/s1. The van der Waals surface area contributed by atoms with Crippen molar-refractivity contribution in [2.45, 2.75) is 26.4 Å². The Morgan fingerprint density at radius 3 is 2.61 bits per heavy atom. The number of benzene rings is 2. The van der Waals surface area contributed by atoms with E-state index < -0.39 is 0 Å². The SMILES string of the molecule is COc1ccc([C@@H]2c3c(C)nn(-c4ccccc4)c3Oc3ncn4nc(CO/N=C(/C)c5cccs5)nc4c32)cc1. The Bertz CT molecular complexity index is 1880. The fraction of sp³-hybridized carbons (Fsp3) is 0.167. The maximum absolute atomic E-state index is 6.48. The molecule has 6 aromatic rings. The minimum absolute atomic E-state index is 0.115. The molecule has 0 saturated heterocycles. The lowest BCUT2D eigenvalue weighted by molar-refractivity contribution is 0.125. The van der Waals surface area contributed by atoms with Crippen molar-refractivity contribution >= 4 is 22.7 Å². The van der Waals surface area contributed by atoms with E-state index >= 15 is 0 Å². The largest absolute Gasteiger partial charge is 0.497 e. The molecule has 0 spiro atoms. The maximum atomic E-state index is 6.48. The zero-order chi connectivity index (χ0) is 27.9. The second kappa shape index (κ2) is 10.2. The smallest absolute Gasteiger partial charge is 0.230 e. The van der Waals surface area contributed by atoms with Gasteiger partial charge in [-0.05, 0) is 55.1 Å². The Kier molecular flexibility index (Phi) is 6.20. The second-order valence-electron chi connectivity index (χ2n) is 9.55. The lowest BCUT2D eigenvalue weighted by atomic mass is 9.84. The second-order valence-corrected chi connectivity index (χ2v) is 10.5. The van der Waals surface area contributed by atoms with Crippen LogP contribution in [0.4, 0.5) is 0 Å². The van der Waals surface area contributed by atoms with Crippen LogP contribution < -0.4 is 9.47 Å². The van der Waals surface area contributed by atoms with Crippen LogP contribution in [0.2, 0.25) is 0 Å². The molecule has 0 saturated carbocycles. The molecule has 5 heterocycles. The highest BCUT2D eigenvalue weighted by Gasteiger charge is 2.38. The Hall–Kier alpha value is -5.03. The van der Waals surface area contributed by atoms with Crippen LogP contribution in [-0.2, 0) is 11.4 Å². The summed E-state index contributed by atoms with van der Waals surface area (Å²) in [6, 6.07) is 21.9. The third-order valence-electron chi connectivity index (χ3n) is 6.99. The fourth-order valence-corrected chi connectivity index (χ4v) is 5.74. The lowest BCUT2D eigenvalue weighted by Gasteiger charge is -2.26. The number of hydrogen-bond acceptors (Lipinski definition) is 9. The molecule has 1 atom stereocenters. The summed E-state index contributed by atoms with van der Waals surface area (Å²) >= 11 is 1.61. The number of nitrogens with zero attached hydrogens (tertiary/aromatic N) is 7. The predicted molar refractivity (Wildman–Crippen MR) is 154 cm³/mol. The summed E-state index contributed by atoms with van der Waals surface area (Å²) in [6.45, 7) is 4.02. The number of thiophene rings is 1. The fourth-order valence-electron chi connectivity index (χ4n) is 5.07. The number of aryl methyl sites for hydroxylation is 1. The molecule has 0 N–H and O–H groups in total. The molecule has 41 heavy (non-hydrogen) atoms. The molecule has 0 aliphatic carbocycles. The highest BCUT2D eigenvalue weighted by Crippen LogP contribution is 2.49. The van der Waals surface area contributed by atoms with Crippen molar-refractivity contribution < 1.29 is 14.3 Å². The average Bonchev–Trinajstić information content (AvgIpc) is 3.76. The van der Waals surface area contributed by atoms with Crippen molar-refractivity contribution in [3.63, 3.8) is 0 Å².